The molecule has 0 amide bonds. The van der Waals surface area contributed by atoms with Crippen molar-refractivity contribution in [3.8, 4) is 0 Å². The fraction of sp³-hybridized carbons (Fsp3) is 0.190. The summed E-state index contributed by atoms with van der Waals surface area (Å²) in [4.78, 5) is 30.5. The van der Waals surface area contributed by atoms with Gasteiger partial charge < -0.3 is 9.88 Å². The van der Waals surface area contributed by atoms with E-state index in [1.807, 2.05) is 42.5 Å². The molecule has 7 nitrogen and oxygen atoms in total. The van der Waals surface area contributed by atoms with Crippen LogP contribution >= 0.6 is 11.6 Å². The highest BCUT2D eigenvalue weighted by Gasteiger charge is 2.19. The van der Waals surface area contributed by atoms with Crippen LogP contribution in [-0.2, 0) is 27.2 Å². The number of benzene rings is 2. The Kier molecular flexibility index (Phi) is 4.98. The van der Waals surface area contributed by atoms with E-state index in [-0.39, 0.29) is 6.54 Å². The van der Waals surface area contributed by atoms with Crippen molar-refractivity contribution in [3.63, 3.8) is 0 Å². The van der Waals surface area contributed by atoms with Crippen molar-refractivity contribution in [1.29, 1.82) is 0 Å². The number of halogens is 1. The quantitative estimate of drug-likeness (QED) is 0.550. The Morgan fingerprint density at radius 3 is 2.38 bits per heavy atom. The Labute approximate surface area is 171 Å². The summed E-state index contributed by atoms with van der Waals surface area (Å²) in [5, 5.41) is 3.75. The van der Waals surface area contributed by atoms with E-state index in [1.165, 1.54) is 9.13 Å². The summed E-state index contributed by atoms with van der Waals surface area (Å²) in [7, 11) is 3.37. The van der Waals surface area contributed by atoms with Crippen LogP contribution in [0.4, 0.5) is 5.95 Å². The lowest BCUT2D eigenvalue weighted by Gasteiger charge is -2.10. The zero-order valence-electron chi connectivity index (χ0n) is 16.1. The third-order valence-corrected chi connectivity index (χ3v) is 5.31. The molecular weight excluding hydrogens is 390 g/mol. The maximum Gasteiger partial charge on any atom is 0.332 e. The SMILES string of the molecule is Cn1c(NCc2ccccc2)nc2c1c(=O)n(Cc1ccccc1Cl)c(=O)n2C. The molecule has 0 fully saturated rings. The first-order chi connectivity index (χ1) is 14.0. The number of anilines is 1. The predicted octanol–water partition coefficient (Wildman–Crippen LogP) is 2.75. The lowest BCUT2D eigenvalue weighted by molar-refractivity contribution is 0.655. The summed E-state index contributed by atoms with van der Waals surface area (Å²) in [5.41, 5.74) is 1.66. The van der Waals surface area contributed by atoms with Crippen molar-refractivity contribution in [2.24, 2.45) is 14.1 Å². The van der Waals surface area contributed by atoms with E-state index in [1.54, 1.807) is 30.8 Å². The Morgan fingerprint density at radius 1 is 0.966 bits per heavy atom. The number of imidazole rings is 1. The fourth-order valence-electron chi connectivity index (χ4n) is 3.31. The molecule has 2 aromatic heterocycles. The Bertz CT molecular complexity index is 1300. The molecule has 0 atom stereocenters. The molecule has 29 heavy (non-hydrogen) atoms. The first-order valence-corrected chi connectivity index (χ1v) is 9.52. The number of rotatable bonds is 5. The number of hydrogen-bond acceptors (Lipinski definition) is 4. The second-order valence-corrected chi connectivity index (χ2v) is 7.24. The summed E-state index contributed by atoms with van der Waals surface area (Å²) >= 11 is 6.22. The summed E-state index contributed by atoms with van der Waals surface area (Å²) < 4.78 is 4.26. The van der Waals surface area contributed by atoms with Gasteiger partial charge in [0.15, 0.2) is 11.2 Å². The Morgan fingerprint density at radius 2 is 1.66 bits per heavy atom. The molecule has 0 aliphatic carbocycles. The lowest BCUT2D eigenvalue weighted by atomic mass is 10.2. The van der Waals surface area contributed by atoms with Crippen molar-refractivity contribution in [2.45, 2.75) is 13.1 Å². The van der Waals surface area contributed by atoms with Crippen molar-refractivity contribution in [2.75, 3.05) is 5.32 Å². The number of aromatic nitrogens is 4. The molecule has 2 heterocycles. The van der Waals surface area contributed by atoms with Crippen molar-refractivity contribution >= 4 is 28.7 Å². The van der Waals surface area contributed by atoms with E-state index in [2.05, 4.69) is 10.3 Å². The molecule has 0 saturated carbocycles. The van der Waals surface area contributed by atoms with E-state index >= 15 is 0 Å². The fourth-order valence-corrected chi connectivity index (χ4v) is 3.51. The number of fused-ring (bicyclic) bond motifs is 1. The average molecular weight is 410 g/mol. The van der Waals surface area contributed by atoms with Crippen molar-refractivity contribution in [1.82, 2.24) is 18.7 Å². The summed E-state index contributed by atoms with van der Waals surface area (Å²) in [6, 6.07) is 17.0. The third kappa shape index (κ3) is 3.45. The number of aryl methyl sites for hydroxylation is 2. The van der Waals surface area contributed by atoms with Gasteiger partial charge in [-0.2, -0.15) is 4.98 Å². The van der Waals surface area contributed by atoms with Crippen LogP contribution in [0.3, 0.4) is 0 Å². The topological polar surface area (TPSA) is 73.8 Å². The molecule has 0 saturated heterocycles. The minimum Gasteiger partial charge on any atom is -0.352 e. The minimum absolute atomic E-state index is 0.0963. The smallest absolute Gasteiger partial charge is 0.332 e. The maximum absolute atomic E-state index is 13.1. The molecule has 1 N–H and O–H groups in total. The van der Waals surface area contributed by atoms with Gasteiger partial charge in [0.1, 0.15) is 0 Å². The molecule has 0 aliphatic rings. The Balaban J connectivity index is 1.78. The molecule has 0 spiro atoms. The highest BCUT2D eigenvalue weighted by Crippen LogP contribution is 2.17. The largest absolute Gasteiger partial charge is 0.352 e. The first-order valence-electron chi connectivity index (χ1n) is 9.15. The van der Waals surface area contributed by atoms with Crippen molar-refractivity contribution in [3.05, 3.63) is 91.6 Å². The molecule has 148 valence electrons. The van der Waals surface area contributed by atoms with Gasteiger partial charge in [0.25, 0.3) is 5.56 Å². The summed E-state index contributed by atoms with van der Waals surface area (Å²) in [5.74, 6) is 0.520. The highest BCUT2D eigenvalue weighted by molar-refractivity contribution is 6.31. The van der Waals surface area contributed by atoms with E-state index < -0.39 is 11.2 Å². The van der Waals surface area contributed by atoms with Gasteiger partial charge in [-0.15, -0.1) is 0 Å². The van der Waals surface area contributed by atoms with Crippen LogP contribution in [0.15, 0.2) is 64.2 Å². The van der Waals surface area contributed by atoms with Crippen LogP contribution in [0.2, 0.25) is 5.02 Å². The number of hydrogen-bond donors (Lipinski definition) is 1. The molecule has 0 aliphatic heterocycles. The van der Waals surface area contributed by atoms with E-state index in [0.717, 1.165) is 5.56 Å². The predicted molar refractivity (Wildman–Crippen MR) is 115 cm³/mol. The van der Waals surface area contributed by atoms with Gasteiger partial charge in [0.05, 0.1) is 6.54 Å². The van der Waals surface area contributed by atoms with Crippen LogP contribution < -0.4 is 16.6 Å². The summed E-state index contributed by atoms with van der Waals surface area (Å²) in [6.07, 6.45) is 0. The van der Waals surface area contributed by atoms with Crippen LogP contribution in [0.25, 0.3) is 11.2 Å². The van der Waals surface area contributed by atoms with Gasteiger partial charge in [0, 0.05) is 25.7 Å². The normalized spacial score (nSPS) is 11.1. The van der Waals surface area contributed by atoms with Crippen LogP contribution in [0.1, 0.15) is 11.1 Å². The summed E-state index contributed by atoms with van der Waals surface area (Å²) in [6.45, 7) is 0.652. The van der Waals surface area contributed by atoms with Crippen LogP contribution in [0.5, 0.6) is 0 Å². The molecule has 4 rings (SSSR count). The van der Waals surface area contributed by atoms with Gasteiger partial charge in [-0.25, -0.2) is 4.79 Å². The number of nitrogens with zero attached hydrogens (tertiary/aromatic N) is 4. The Hall–Kier alpha value is -3.32. The zero-order valence-corrected chi connectivity index (χ0v) is 16.8. The third-order valence-electron chi connectivity index (χ3n) is 4.94. The molecule has 2 aromatic carbocycles. The van der Waals surface area contributed by atoms with Gasteiger partial charge in [-0.05, 0) is 17.2 Å². The van der Waals surface area contributed by atoms with Gasteiger partial charge in [-0.3, -0.25) is 13.9 Å². The van der Waals surface area contributed by atoms with Gasteiger partial charge in [0.2, 0.25) is 5.95 Å². The van der Waals surface area contributed by atoms with E-state index in [4.69, 9.17) is 11.6 Å². The molecule has 8 heteroatoms. The zero-order chi connectivity index (χ0) is 20.5. The molecule has 0 unspecified atom stereocenters. The molecule has 0 radical (unpaired) electrons. The van der Waals surface area contributed by atoms with Gasteiger partial charge in [-0.1, -0.05) is 60.1 Å². The van der Waals surface area contributed by atoms with Crippen LogP contribution in [-0.4, -0.2) is 18.7 Å². The minimum atomic E-state index is -0.435. The monoisotopic (exact) mass is 409 g/mol. The van der Waals surface area contributed by atoms with Crippen molar-refractivity contribution < 1.29 is 0 Å². The maximum atomic E-state index is 13.1. The number of nitrogens with one attached hydrogen (secondary N) is 1. The second kappa shape index (κ2) is 7.60. The lowest BCUT2D eigenvalue weighted by Crippen LogP contribution is -2.39. The average Bonchev–Trinajstić information content (AvgIpc) is 3.06. The second-order valence-electron chi connectivity index (χ2n) is 6.83. The standard InChI is InChI=1S/C21H20ClN5O2/c1-25-17-18(24-20(25)23-12-14-8-4-3-5-9-14)26(2)21(29)27(19(17)28)13-15-10-6-7-11-16(15)22/h3-11H,12-13H2,1-2H3,(H,23,24). The first kappa shape index (κ1) is 19.0. The van der Waals surface area contributed by atoms with Gasteiger partial charge >= 0.3 is 5.69 Å². The van der Waals surface area contributed by atoms with E-state index in [0.29, 0.717) is 34.2 Å². The van der Waals surface area contributed by atoms with E-state index in [9.17, 15) is 9.59 Å². The highest BCUT2D eigenvalue weighted by atomic mass is 35.5. The molecule has 0 bridgehead atoms. The molecular formula is C21H20ClN5O2. The molecule has 4 aromatic rings. The van der Waals surface area contributed by atoms with Crippen LogP contribution in [0, 0.1) is 0 Å².